The number of hydrogen-bond acceptors (Lipinski definition) is 6. The molecule has 1 fully saturated rings. The van der Waals surface area contributed by atoms with E-state index in [9.17, 15) is 19.8 Å². The number of anilines is 1. The molecule has 0 aliphatic heterocycles. The van der Waals surface area contributed by atoms with Crippen LogP contribution < -0.4 is 11.1 Å². The van der Waals surface area contributed by atoms with Gasteiger partial charge < -0.3 is 30.8 Å². The molecule has 1 amide bonds. The molecule has 6 rings (SSSR count). The number of nitrogens with two attached hydrogens (primary N) is 1. The summed E-state index contributed by atoms with van der Waals surface area (Å²) in [6, 6.07) is 12.5. The van der Waals surface area contributed by atoms with Gasteiger partial charge in [0.15, 0.2) is 6.04 Å². The smallest absolute Gasteiger partial charge is 0.331 e. The lowest BCUT2D eigenvalue weighted by Gasteiger charge is -2.25. The Hall–Kier alpha value is -4.86. The number of aromatic nitrogens is 4. The van der Waals surface area contributed by atoms with Gasteiger partial charge in [-0.05, 0) is 61.4 Å². The summed E-state index contributed by atoms with van der Waals surface area (Å²) in [5.41, 5.74) is 9.50. The van der Waals surface area contributed by atoms with E-state index in [2.05, 4.69) is 19.9 Å². The van der Waals surface area contributed by atoms with Crippen LogP contribution in [0.15, 0.2) is 60.9 Å². The molecule has 1 saturated carbocycles. The second-order valence-corrected chi connectivity index (χ2v) is 9.99. The molecule has 1 aliphatic rings. The largest absolute Gasteiger partial charge is 0.508 e. The number of rotatable bonds is 6. The molecule has 0 unspecified atom stereocenters. The Morgan fingerprint density at radius 1 is 1.08 bits per heavy atom. The van der Waals surface area contributed by atoms with Gasteiger partial charge in [-0.3, -0.25) is 4.79 Å². The summed E-state index contributed by atoms with van der Waals surface area (Å²) < 4.78 is 2.24. The predicted molar refractivity (Wildman–Crippen MR) is 147 cm³/mol. The standard InChI is InChI=1S/C29H28N6O4/c30-25-11-7-17(14-32-25)27-33-23-12-16(6-10-24(23)35(27)18-4-2-1-3-5-18)28(37)34-26(29(38)39)21-15-31-22-9-8-19(36)13-20(21)22/h6-15,18,26,31,36H,1-5H2,(H2,30,32)(H,34,37)(H,38,39)/t26-/m0/s1. The number of carbonyl (C=O) groups is 2. The fourth-order valence-electron chi connectivity index (χ4n) is 5.55. The lowest BCUT2D eigenvalue weighted by atomic mass is 9.95. The molecule has 0 bridgehead atoms. The fourth-order valence-corrected chi connectivity index (χ4v) is 5.55. The number of phenolic OH excluding ortho intramolecular Hbond substituents is 1. The maximum absolute atomic E-state index is 13.3. The molecule has 3 heterocycles. The normalized spacial score (nSPS) is 15.0. The van der Waals surface area contributed by atoms with E-state index in [1.807, 2.05) is 12.1 Å². The third kappa shape index (κ3) is 4.54. The summed E-state index contributed by atoms with van der Waals surface area (Å²) >= 11 is 0. The van der Waals surface area contributed by atoms with E-state index < -0.39 is 17.9 Å². The zero-order valence-electron chi connectivity index (χ0n) is 21.1. The lowest BCUT2D eigenvalue weighted by Crippen LogP contribution is -2.33. The first-order valence-corrected chi connectivity index (χ1v) is 13.0. The van der Waals surface area contributed by atoms with Gasteiger partial charge >= 0.3 is 5.97 Å². The average molecular weight is 525 g/mol. The van der Waals surface area contributed by atoms with Gasteiger partial charge in [0.2, 0.25) is 0 Å². The fraction of sp³-hybridized carbons (Fsp3) is 0.241. The van der Waals surface area contributed by atoms with E-state index in [0.29, 0.717) is 33.4 Å². The van der Waals surface area contributed by atoms with Crippen LogP contribution in [0.2, 0.25) is 0 Å². The summed E-state index contributed by atoms with van der Waals surface area (Å²) in [7, 11) is 0. The van der Waals surface area contributed by atoms with Crippen molar-refractivity contribution >= 4 is 39.6 Å². The molecular formula is C29H28N6O4. The van der Waals surface area contributed by atoms with Crippen LogP contribution in [0.5, 0.6) is 5.75 Å². The second-order valence-electron chi connectivity index (χ2n) is 9.99. The monoisotopic (exact) mass is 524 g/mol. The van der Waals surface area contributed by atoms with Crippen molar-refractivity contribution in [1.82, 2.24) is 24.8 Å². The molecule has 10 heteroatoms. The molecule has 0 saturated heterocycles. The predicted octanol–water partition coefficient (Wildman–Crippen LogP) is 4.93. The Kier molecular flexibility index (Phi) is 6.14. The number of hydrogen-bond donors (Lipinski definition) is 5. The van der Waals surface area contributed by atoms with Crippen LogP contribution in [-0.2, 0) is 4.79 Å². The van der Waals surface area contributed by atoms with Gasteiger partial charge in [-0.15, -0.1) is 0 Å². The number of carboxylic acid groups (broad SMARTS) is 1. The van der Waals surface area contributed by atoms with Gasteiger partial charge in [0.1, 0.15) is 17.4 Å². The number of carbonyl (C=O) groups excluding carboxylic acids is 1. The second kappa shape index (κ2) is 9.79. The highest BCUT2D eigenvalue weighted by molar-refractivity contribution is 6.01. The maximum Gasteiger partial charge on any atom is 0.331 e. The Balaban J connectivity index is 1.37. The Morgan fingerprint density at radius 2 is 1.90 bits per heavy atom. The summed E-state index contributed by atoms with van der Waals surface area (Å²) in [5, 5.41) is 23.0. The summed E-state index contributed by atoms with van der Waals surface area (Å²) in [6.07, 6.45) is 8.84. The SMILES string of the molecule is Nc1ccc(-c2nc3cc(C(=O)N[C@H](C(=O)O)c4c[nH]c5ccc(O)cc45)ccc3n2C2CCCCC2)cn1. The number of fused-ring (bicyclic) bond motifs is 2. The molecule has 1 atom stereocenters. The minimum Gasteiger partial charge on any atom is -0.508 e. The van der Waals surface area contributed by atoms with Crippen molar-refractivity contribution in [2.24, 2.45) is 0 Å². The highest BCUT2D eigenvalue weighted by Crippen LogP contribution is 2.36. The number of carboxylic acids is 1. The van der Waals surface area contributed by atoms with Crippen molar-refractivity contribution in [1.29, 1.82) is 0 Å². The number of nitrogens with zero attached hydrogens (tertiary/aromatic N) is 3. The first kappa shape index (κ1) is 24.5. The van der Waals surface area contributed by atoms with Gasteiger partial charge in [0, 0.05) is 46.0 Å². The maximum atomic E-state index is 13.3. The Morgan fingerprint density at radius 3 is 2.64 bits per heavy atom. The molecule has 198 valence electrons. The Labute approximate surface area is 223 Å². The highest BCUT2D eigenvalue weighted by Gasteiger charge is 2.27. The van der Waals surface area contributed by atoms with Crippen LogP contribution in [0.4, 0.5) is 5.82 Å². The van der Waals surface area contributed by atoms with Gasteiger partial charge in [0.25, 0.3) is 5.91 Å². The number of pyridine rings is 1. The van der Waals surface area contributed by atoms with Gasteiger partial charge in [-0.25, -0.2) is 14.8 Å². The molecule has 1 aliphatic carbocycles. The minimum absolute atomic E-state index is 0.00456. The summed E-state index contributed by atoms with van der Waals surface area (Å²) in [5.74, 6) is -0.555. The van der Waals surface area contributed by atoms with Crippen LogP contribution in [0, 0.1) is 0 Å². The van der Waals surface area contributed by atoms with Crippen LogP contribution >= 0.6 is 0 Å². The van der Waals surface area contributed by atoms with E-state index >= 15 is 0 Å². The third-order valence-electron chi connectivity index (χ3n) is 7.47. The molecule has 6 N–H and O–H groups in total. The number of H-pyrrole nitrogens is 1. The van der Waals surface area contributed by atoms with Crippen molar-refractivity contribution in [2.45, 2.75) is 44.2 Å². The topological polar surface area (TPSA) is 159 Å². The van der Waals surface area contributed by atoms with Crippen molar-refractivity contribution < 1.29 is 19.8 Å². The number of aromatic amines is 1. The zero-order valence-corrected chi connectivity index (χ0v) is 21.1. The van der Waals surface area contributed by atoms with E-state index in [1.54, 1.807) is 30.5 Å². The quantitative estimate of drug-likeness (QED) is 0.211. The number of phenols is 1. The molecule has 0 radical (unpaired) electrons. The van der Waals surface area contributed by atoms with Crippen LogP contribution in [0.25, 0.3) is 33.3 Å². The van der Waals surface area contributed by atoms with Crippen molar-refractivity contribution in [3.05, 3.63) is 72.1 Å². The van der Waals surface area contributed by atoms with E-state index in [0.717, 1.165) is 42.6 Å². The molecule has 39 heavy (non-hydrogen) atoms. The number of amides is 1. The first-order valence-electron chi connectivity index (χ1n) is 13.0. The first-order chi connectivity index (χ1) is 18.9. The van der Waals surface area contributed by atoms with Crippen LogP contribution in [0.1, 0.15) is 60.1 Å². The van der Waals surface area contributed by atoms with Gasteiger partial charge in [0.05, 0.1) is 11.0 Å². The minimum atomic E-state index is -1.32. The van der Waals surface area contributed by atoms with Gasteiger partial charge in [-0.1, -0.05) is 19.3 Å². The number of imidazole rings is 1. The highest BCUT2D eigenvalue weighted by atomic mass is 16.4. The van der Waals surface area contributed by atoms with E-state index in [-0.39, 0.29) is 11.8 Å². The third-order valence-corrected chi connectivity index (χ3v) is 7.47. The van der Waals surface area contributed by atoms with Crippen LogP contribution in [0.3, 0.4) is 0 Å². The average Bonchev–Trinajstić information content (AvgIpc) is 3.53. The number of aromatic hydroxyl groups is 1. The van der Waals surface area contributed by atoms with E-state index in [4.69, 9.17) is 10.7 Å². The number of aliphatic carboxylic acids is 1. The zero-order chi connectivity index (χ0) is 27.1. The number of benzene rings is 2. The van der Waals surface area contributed by atoms with Gasteiger partial charge in [-0.2, -0.15) is 0 Å². The lowest BCUT2D eigenvalue weighted by molar-refractivity contribution is -0.139. The molecule has 10 nitrogen and oxygen atoms in total. The van der Waals surface area contributed by atoms with Crippen LogP contribution in [-0.4, -0.2) is 41.6 Å². The summed E-state index contributed by atoms with van der Waals surface area (Å²) in [6.45, 7) is 0. The summed E-state index contributed by atoms with van der Waals surface area (Å²) in [4.78, 5) is 37.6. The molecule has 0 spiro atoms. The Bertz CT molecular complexity index is 1700. The van der Waals surface area contributed by atoms with Crippen molar-refractivity contribution in [3.8, 4) is 17.1 Å². The number of nitrogen functional groups attached to an aromatic ring is 1. The molecule has 2 aromatic carbocycles. The van der Waals surface area contributed by atoms with E-state index in [1.165, 1.54) is 24.8 Å². The molecule has 5 aromatic rings. The molecular weight excluding hydrogens is 496 g/mol. The number of nitrogens with one attached hydrogen (secondary N) is 2. The molecule has 3 aromatic heterocycles. The van der Waals surface area contributed by atoms with Crippen molar-refractivity contribution in [3.63, 3.8) is 0 Å². The van der Waals surface area contributed by atoms with Crippen molar-refractivity contribution in [2.75, 3.05) is 5.73 Å².